The van der Waals surface area contributed by atoms with Crippen molar-refractivity contribution in [1.29, 1.82) is 0 Å². The molecule has 0 aliphatic carbocycles. The Balaban J connectivity index is 1.19. The van der Waals surface area contributed by atoms with Gasteiger partial charge in [-0.1, -0.05) is 102 Å². The fourth-order valence-corrected chi connectivity index (χ4v) is 8.49. The average molecular weight is 792 g/mol. The summed E-state index contributed by atoms with van der Waals surface area (Å²) in [5.41, 5.74) is 2.10. The van der Waals surface area contributed by atoms with Crippen LogP contribution in [-0.2, 0) is 25.5 Å². The number of carbonyl (C=O) groups excluding carboxylic acids is 3. The number of hydrogen-bond acceptors (Lipinski definition) is 8. The van der Waals surface area contributed by atoms with Crippen LogP contribution in [0.3, 0.4) is 0 Å². The van der Waals surface area contributed by atoms with E-state index in [0.29, 0.717) is 37.9 Å². The summed E-state index contributed by atoms with van der Waals surface area (Å²) in [4.78, 5) is 43.4. The number of benzene rings is 4. The first kappa shape index (κ1) is 35.9. The number of rotatable bonds is 12. The summed E-state index contributed by atoms with van der Waals surface area (Å²) in [6.07, 6.45) is -0.601. The first-order valence-corrected chi connectivity index (χ1v) is 19.2. The number of thiophene rings is 1. The largest absolute Gasteiger partial charge is 0.485 e. The Bertz CT molecular complexity index is 2090. The number of esters is 1. The molecule has 2 aliphatic rings. The van der Waals surface area contributed by atoms with Crippen molar-refractivity contribution in [1.82, 2.24) is 10.2 Å². The molecule has 2 amide bonds. The van der Waals surface area contributed by atoms with Crippen LogP contribution in [0.5, 0.6) is 17.2 Å². The number of halogens is 3. The van der Waals surface area contributed by atoms with Crippen LogP contribution in [0.15, 0.2) is 126 Å². The second-order valence-corrected chi connectivity index (χ2v) is 15.2. The molecule has 0 unspecified atom stereocenters. The van der Waals surface area contributed by atoms with Gasteiger partial charge in [0.2, 0.25) is 5.91 Å². The summed E-state index contributed by atoms with van der Waals surface area (Å²) in [6, 6.07) is 31.4. The Hall–Kier alpha value is -4.45. The van der Waals surface area contributed by atoms with E-state index in [2.05, 4.69) is 5.32 Å². The summed E-state index contributed by atoms with van der Waals surface area (Å²) >= 11 is 21.7. The molecule has 2 atom stereocenters. The predicted molar refractivity (Wildman–Crippen MR) is 204 cm³/mol. The monoisotopic (exact) mass is 790 g/mol. The molecular formula is C39H29Cl3N2O6S2. The predicted octanol–water partition coefficient (Wildman–Crippen LogP) is 9.11. The van der Waals surface area contributed by atoms with Crippen LogP contribution in [0.25, 0.3) is 0 Å². The summed E-state index contributed by atoms with van der Waals surface area (Å²) < 4.78 is 18.6. The average Bonchev–Trinajstić information content (AvgIpc) is 3.67. The van der Waals surface area contributed by atoms with Crippen LogP contribution in [-0.4, -0.2) is 46.5 Å². The molecule has 0 bridgehead atoms. The molecule has 13 heteroatoms. The van der Waals surface area contributed by atoms with Crippen molar-refractivity contribution >= 4 is 75.7 Å². The van der Waals surface area contributed by atoms with E-state index in [-0.39, 0.29) is 30.4 Å². The highest BCUT2D eigenvalue weighted by molar-refractivity contribution is 8.00. The number of thioether (sulfide) groups is 1. The van der Waals surface area contributed by atoms with Gasteiger partial charge in [0, 0.05) is 32.3 Å². The number of β-lactam (4-membered cyclic amide) rings is 1. The highest BCUT2D eigenvalue weighted by Crippen LogP contribution is 2.43. The zero-order chi connectivity index (χ0) is 36.2. The number of nitrogens with zero attached hydrogens (tertiary/aromatic N) is 1. The lowest BCUT2D eigenvalue weighted by Crippen LogP contribution is -2.70. The molecule has 1 N–H and O–H groups in total. The maximum absolute atomic E-state index is 14.4. The molecule has 2 aliphatic heterocycles. The minimum absolute atomic E-state index is 0.0691. The van der Waals surface area contributed by atoms with Crippen LogP contribution < -0.4 is 14.8 Å². The van der Waals surface area contributed by atoms with E-state index in [0.717, 1.165) is 16.0 Å². The summed E-state index contributed by atoms with van der Waals surface area (Å²) in [7, 11) is 0. The van der Waals surface area contributed by atoms with E-state index < -0.39 is 29.4 Å². The van der Waals surface area contributed by atoms with Gasteiger partial charge >= 0.3 is 5.97 Å². The summed E-state index contributed by atoms with van der Waals surface area (Å²) in [5.74, 6) is -0.116. The van der Waals surface area contributed by atoms with Gasteiger partial charge in [-0.05, 0) is 52.9 Å². The van der Waals surface area contributed by atoms with Crippen LogP contribution in [0, 0.1) is 0 Å². The van der Waals surface area contributed by atoms with E-state index in [1.807, 2.05) is 78.2 Å². The van der Waals surface area contributed by atoms with Crippen molar-refractivity contribution in [3.63, 3.8) is 0 Å². The second kappa shape index (κ2) is 16.1. The fraction of sp³-hybridized carbons (Fsp3) is 0.154. The maximum atomic E-state index is 14.4. The minimum atomic E-state index is -0.807. The maximum Gasteiger partial charge on any atom is 0.356 e. The Morgan fingerprint density at radius 3 is 2.15 bits per heavy atom. The van der Waals surface area contributed by atoms with Crippen LogP contribution >= 0.6 is 57.9 Å². The van der Waals surface area contributed by atoms with E-state index in [9.17, 15) is 14.4 Å². The van der Waals surface area contributed by atoms with E-state index in [1.54, 1.807) is 36.4 Å². The number of amides is 2. The van der Waals surface area contributed by atoms with Gasteiger partial charge in [-0.15, -0.1) is 23.1 Å². The molecule has 52 heavy (non-hydrogen) atoms. The summed E-state index contributed by atoms with van der Waals surface area (Å²) in [6.45, 7) is -0.101. The van der Waals surface area contributed by atoms with Gasteiger partial charge in [0.05, 0.1) is 11.4 Å². The van der Waals surface area contributed by atoms with E-state index >= 15 is 0 Å². The van der Waals surface area contributed by atoms with E-state index in [1.165, 1.54) is 28.0 Å². The van der Waals surface area contributed by atoms with Crippen molar-refractivity contribution in [3.8, 4) is 17.2 Å². The molecule has 4 aromatic carbocycles. The number of carbonyl (C=O) groups is 3. The lowest BCUT2D eigenvalue weighted by molar-refractivity contribution is -0.154. The zero-order valence-electron chi connectivity index (χ0n) is 27.2. The minimum Gasteiger partial charge on any atom is -0.485 e. The Morgan fingerprint density at radius 1 is 0.827 bits per heavy atom. The van der Waals surface area contributed by atoms with Gasteiger partial charge in [-0.3, -0.25) is 14.5 Å². The van der Waals surface area contributed by atoms with Crippen molar-refractivity contribution in [2.45, 2.75) is 23.9 Å². The first-order valence-electron chi connectivity index (χ1n) is 16.1. The molecule has 1 fully saturated rings. The standard InChI is InChI=1S/C39H29Cl3N2O6S2/c40-26-13-15-30(29(42)18-26)49-31-16-14-27(41)19-32(31)48-21-25-22-52-38-34(43-33(45)20-28-12-7-17-51-28)37(46)44(38)35(25)39(47)50-36(23-8-3-1-4-9-23)24-10-5-2-6-11-24/h1-19,34,36,38H,20-22H2,(H,43,45)/t34-,38-/m1/s1. The van der Waals surface area contributed by atoms with Crippen LogP contribution in [0.4, 0.5) is 0 Å². The lowest BCUT2D eigenvalue weighted by atomic mass is 10.0. The molecule has 0 radical (unpaired) electrons. The lowest BCUT2D eigenvalue weighted by Gasteiger charge is -2.49. The van der Waals surface area contributed by atoms with Gasteiger partial charge < -0.3 is 19.5 Å². The van der Waals surface area contributed by atoms with E-state index in [4.69, 9.17) is 49.0 Å². The highest BCUT2D eigenvalue weighted by Gasteiger charge is 2.54. The van der Waals surface area contributed by atoms with Gasteiger partial charge in [0.15, 0.2) is 17.6 Å². The third kappa shape index (κ3) is 7.96. The SMILES string of the molecule is O=C(Cc1cccs1)N[C@@H]1C(=O)N2C(C(=O)OC(c3ccccc3)c3ccccc3)=C(COc3cc(Cl)ccc3Oc3ccc(Cl)cc3Cl)CS[C@H]12. The normalized spacial score (nSPS) is 16.6. The quantitative estimate of drug-likeness (QED) is 0.0996. The van der Waals surface area contributed by atoms with Crippen molar-refractivity contribution in [3.05, 3.63) is 157 Å². The van der Waals surface area contributed by atoms with Gasteiger partial charge in [0.25, 0.3) is 5.91 Å². The third-order valence-electron chi connectivity index (χ3n) is 8.32. The Labute approximate surface area is 323 Å². The molecule has 5 aromatic rings. The highest BCUT2D eigenvalue weighted by atomic mass is 35.5. The molecule has 0 spiro atoms. The van der Waals surface area contributed by atoms with Gasteiger partial charge in [-0.2, -0.15) is 0 Å². The third-order valence-corrected chi connectivity index (χ3v) is 11.3. The Kier molecular flexibility index (Phi) is 11.1. The van der Waals surface area contributed by atoms with Crippen molar-refractivity contribution in [2.75, 3.05) is 12.4 Å². The molecule has 3 heterocycles. The van der Waals surface area contributed by atoms with Gasteiger partial charge in [0.1, 0.15) is 29.5 Å². The number of nitrogens with one attached hydrogen (secondary N) is 1. The molecular weight excluding hydrogens is 763 g/mol. The topological polar surface area (TPSA) is 94.2 Å². The first-order chi connectivity index (χ1) is 25.2. The second-order valence-electron chi connectivity index (χ2n) is 11.8. The smallest absolute Gasteiger partial charge is 0.356 e. The van der Waals surface area contributed by atoms with Gasteiger partial charge in [-0.25, -0.2) is 4.79 Å². The molecule has 8 nitrogen and oxygen atoms in total. The number of ether oxygens (including phenoxy) is 3. The number of fused-ring (bicyclic) bond motifs is 1. The summed E-state index contributed by atoms with van der Waals surface area (Å²) in [5, 5.41) is 5.40. The molecule has 264 valence electrons. The van der Waals surface area contributed by atoms with Crippen molar-refractivity contribution < 1.29 is 28.6 Å². The molecule has 0 saturated carbocycles. The van der Waals surface area contributed by atoms with Crippen LogP contribution in [0.1, 0.15) is 22.1 Å². The van der Waals surface area contributed by atoms with Crippen LogP contribution in [0.2, 0.25) is 15.1 Å². The fourth-order valence-electron chi connectivity index (χ4n) is 5.85. The van der Waals surface area contributed by atoms with Crippen molar-refractivity contribution in [2.24, 2.45) is 0 Å². The molecule has 1 aromatic heterocycles. The molecule has 7 rings (SSSR count). The number of hydrogen-bond donors (Lipinski definition) is 1. The zero-order valence-corrected chi connectivity index (χ0v) is 31.1. The Morgan fingerprint density at radius 2 is 1.50 bits per heavy atom. The molecule has 1 saturated heterocycles.